The summed E-state index contributed by atoms with van der Waals surface area (Å²) in [4.78, 5) is 0. The molecule has 19 heavy (non-hydrogen) atoms. The summed E-state index contributed by atoms with van der Waals surface area (Å²) in [5.74, 6) is -1.13. The number of aliphatic hydroxyl groups excluding tert-OH is 1. The molecule has 100 valence electrons. The summed E-state index contributed by atoms with van der Waals surface area (Å²) in [6.07, 6.45) is 0.126. The summed E-state index contributed by atoms with van der Waals surface area (Å²) in [6, 6.07) is 10.2. The van der Waals surface area contributed by atoms with E-state index in [0.29, 0.717) is 12.2 Å². The Morgan fingerprint density at radius 2 is 1.63 bits per heavy atom. The van der Waals surface area contributed by atoms with E-state index < -0.39 is 17.7 Å². The molecule has 0 aromatic heterocycles. The minimum atomic E-state index is -0.949. The second kappa shape index (κ2) is 5.80. The Balaban J connectivity index is 2.12. The molecule has 0 spiro atoms. The first-order chi connectivity index (χ1) is 9.10. The highest BCUT2D eigenvalue weighted by Crippen LogP contribution is 2.25. The number of rotatable bonds is 4. The van der Waals surface area contributed by atoms with Crippen LogP contribution in [0.15, 0.2) is 42.5 Å². The third kappa shape index (κ3) is 3.29. The third-order valence-electron chi connectivity index (χ3n) is 2.78. The van der Waals surface area contributed by atoms with Gasteiger partial charge in [0, 0.05) is 6.07 Å². The van der Waals surface area contributed by atoms with Gasteiger partial charge in [-0.2, -0.15) is 0 Å². The Labute approximate surface area is 110 Å². The van der Waals surface area contributed by atoms with Crippen LogP contribution < -0.4 is 4.74 Å². The number of hydrogen-bond donors (Lipinski definition) is 1. The van der Waals surface area contributed by atoms with Crippen LogP contribution in [0.1, 0.15) is 25.0 Å². The molecule has 0 radical (unpaired) electrons. The van der Waals surface area contributed by atoms with Crippen molar-refractivity contribution in [1.82, 2.24) is 0 Å². The maximum Gasteiger partial charge on any atom is 0.162 e. The van der Waals surface area contributed by atoms with Crippen LogP contribution in [0.4, 0.5) is 8.78 Å². The molecule has 0 bridgehead atoms. The quantitative estimate of drug-likeness (QED) is 0.896. The number of aliphatic hydroxyl groups is 1. The topological polar surface area (TPSA) is 29.5 Å². The van der Waals surface area contributed by atoms with Crippen molar-refractivity contribution < 1.29 is 18.6 Å². The van der Waals surface area contributed by atoms with Gasteiger partial charge >= 0.3 is 0 Å². The maximum absolute atomic E-state index is 13.0. The van der Waals surface area contributed by atoms with Crippen molar-refractivity contribution in [2.24, 2.45) is 0 Å². The normalized spacial score (nSPS) is 12.2. The molecule has 0 amide bonds. The number of halogens is 2. The molecule has 2 nitrogen and oxygen atoms in total. The van der Waals surface area contributed by atoms with Gasteiger partial charge in [0.15, 0.2) is 11.6 Å². The van der Waals surface area contributed by atoms with Gasteiger partial charge < -0.3 is 9.84 Å². The maximum atomic E-state index is 13.0. The van der Waals surface area contributed by atoms with E-state index in [9.17, 15) is 13.9 Å². The first-order valence-corrected chi connectivity index (χ1v) is 6.01. The van der Waals surface area contributed by atoms with Gasteiger partial charge in [-0.25, -0.2) is 8.78 Å². The molecule has 0 saturated carbocycles. The predicted molar refractivity (Wildman–Crippen MR) is 68.1 cm³/mol. The Kier molecular flexibility index (Phi) is 4.12. The lowest BCUT2D eigenvalue weighted by atomic mass is 10.1. The number of hydrogen-bond acceptors (Lipinski definition) is 2. The molecule has 1 atom stereocenters. The van der Waals surface area contributed by atoms with E-state index >= 15 is 0 Å². The second-order valence-electron chi connectivity index (χ2n) is 4.17. The van der Waals surface area contributed by atoms with Gasteiger partial charge in [-0.3, -0.25) is 0 Å². The van der Waals surface area contributed by atoms with Crippen LogP contribution in [0.5, 0.6) is 11.5 Å². The van der Waals surface area contributed by atoms with Gasteiger partial charge in [-0.15, -0.1) is 0 Å². The monoisotopic (exact) mass is 264 g/mol. The zero-order chi connectivity index (χ0) is 13.8. The largest absolute Gasteiger partial charge is 0.457 e. The first-order valence-electron chi connectivity index (χ1n) is 6.01. The van der Waals surface area contributed by atoms with Crippen LogP contribution in [0.3, 0.4) is 0 Å². The zero-order valence-electron chi connectivity index (χ0n) is 10.4. The van der Waals surface area contributed by atoms with E-state index in [1.807, 2.05) is 6.92 Å². The highest BCUT2D eigenvalue weighted by atomic mass is 19.2. The molecule has 2 aromatic rings. The summed E-state index contributed by atoms with van der Waals surface area (Å²) < 4.78 is 31.2. The van der Waals surface area contributed by atoms with E-state index in [4.69, 9.17) is 4.74 Å². The average Bonchev–Trinajstić information content (AvgIpc) is 2.43. The van der Waals surface area contributed by atoms with Crippen LogP contribution in [0.25, 0.3) is 0 Å². The van der Waals surface area contributed by atoms with E-state index in [0.717, 1.165) is 17.7 Å². The standard InChI is InChI=1S/C15H14F2O2/c1-2-15(18)10-3-5-11(6-4-10)19-12-7-8-13(16)14(17)9-12/h3-9,15,18H,2H2,1H3/t15-/m1/s1. The molecule has 0 saturated heterocycles. The summed E-state index contributed by atoms with van der Waals surface area (Å²) in [6.45, 7) is 1.89. The molecule has 1 N–H and O–H groups in total. The van der Waals surface area contributed by atoms with Gasteiger partial charge in [0.1, 0.15) is 11.5 Å². The third-order valence-corrected chi connectivity index (χ3v) is 2.78. The smallest absolute Gasteiger partial charge is 0.162 e. The van der Waals surface area contributed by atoms with Crippen molar-refractivity contribution in [3.8, 4) is 11.5 Å². The highest BCUT2D eigenvalue weighted by Gasteiger charge is 2.06. The molecule has 4 heteroatoms. The van der Waals surface area contributed by atoms with Crippen molar-refractivity contribution >= 4 is 0 Å². The molecule has 0 aliphatic rings. The van der Waals surface area contributed by atoms with Crippen LogP contribution >= 0.6 is 0 Å². The molecular weight excluding hydrogens is 250 g/mol. The molecule has 0 aliphatic heterocycles. The number of ether oxygens (including phenoxy) is 1. The van der Waals surface area contributed by atoms with Gasteiger partial charge in [-0.05, 0) is 36.2 Å². The van der Waals surface area contributed by atoms with Crippen LogP contribution in [-0.2, 0) is 0 Å². The van der Waals surface area contributed by atoms with Crippen molar-refractivity contribution in [2.75, 3.05) is 0 Å². The summed E-state index contributed by atoms with van der Waals surface area (Å²) >= 11 is 0. The molecule has 0 fully saturated rings. The average molecular weight is 264 g/mol. The van der Waals surface area contributed by atoms with Crippen LogP contribution in [0.2, 0.25) is 0 Å². The lowest BCUT2D eigenvalue weighted by molar-refractivity contribution is 0.173. The molecule has 2 rings (SSSR count). The Bertz CT molecular complexity index is 553. The van der Waals surface area contributed by atoms with E-state index in [1.165, 1.54) is 6.07 Å². The minimum Gasteiger partial charge on any atom is -0.457 e. The fraction of sp³-hybridized carbons (Fsp3) is 0.200. The van der Waals surface area contributed by atoms with Crippen molar-refractivity contribution in [3.63, 3.8) is 0 Å². The Morgan fingerprint density at radius 1 is 1.00 bits per heavy atom. The van der Waals surface area contributed by atoms with Crippen LogP contribution in [-0.4, -0.2) is 5.11 Å². The minimum absolute atomic E-state index is 0.225. The molecule has 0 heterocycles. The Morgan fingerprint density at radius 3 is 2.21 bits per heavy atom. The van der Waals surface area contributed by atoms with Gasteiger partial charge in [-0.1, -0.05) is 19.1 Å². The van der Waals surface area contributed by atoms with Gasteiger partial charge in [0.05, 0.1) is 6.10 Å². The summed E-state index contributed by atoms with van der Waals surface area (Å²) in [5, 5.41) is 9.64. The van der Waals surface area contributed by atoms with Crippen molar-refractivity contribution in [1.29, 1.82) is 0 Å². The van der Waals surface area contributed by atoms with E-state index in [1.54, 1.807) is 24.3 Å². The predicted octanol–water partition coefficient (Wildman–Crippen LogP) is 4.20. The lowest BCUT2D eigenvalue weighted by Crippen LogP contribution is -1.94. The summed E-state index contributed by atoms with van der Waals surface area (Å²) in [5.41, 5.74) is 0.792. The molecule has 0 aliphatic carbocycles. The molecule has 0 unspecified atom stereocenters. The van der Waals surface area contributed by atoms with Gasteiger partial charge in [0.25, 0.3) is 0 Å². The van der Waals surface area contributed by atoms with Gasteiger partial charge in [0.2, 0.25) is 0 Å². The fourth-order valence-electron chi connectivity index (χ4n) is 1.67. The first kappa shape index (κ1) is 13.5. The second-order valence-corrected chi connectivity index (χ2v) is 4.17. The van der Waals surface area contributed by atoms with Crippen molar-refractivity contribution in [3.05, 3.63) is 59.7 Å². The van der Waals surface area contributed by atoms with E-state index in [2.05, 4.69) is 0 Å². The zero-order valence-corrected chi connectivity index (χ0v) is 10.4. The summed E-state index contributed by atoms with van der Waals surface area (Å²) in [7, 11) is 0. The highest BCUT2D eigenvalue weighted by molar-refractivity contribution is 5.34. The lowest BCUT2D eigenvalue weighted by Gasteiger charge is -2.10. The fourth-order valence-corrected chi connectivity index (χ4v) is 1.67. The Hall–Kier alpha value is -1.94. The molecular formula is C15H14F2O2. The SMILES string of the molecule is CC[C@@H](O)c1ccc(Oc2ccc(F)c(F)c2)cc1. The van der Waals surface area contributed by atoms with Crippen molar-refractivity contribution in [2.45, 2.75) is 19.4 Å². The number of benzene rings is 2. The van der Waals surface area contributed by atoms with E-state index in [-0.39, 0.29) is 5.75 Å². The van der Waals surface area contributed by atoms with Crippen LogP contribution in [0, 0.1) is 11.6 Å². The molecule has 2 aromatic carbocycles.